The van der Waals surface area contributed by atoms with Gasteiger partial charge in [0, 0.05) is 25.2 Å². The average molecular weight is 276 g/mol. The first-order chi connectivity index (χ1) is 9.61. The first-order valence-electron chi connectivity index (χ1n) is 7.79. The number of rotatable bonds is 5. The molecule has 1 saturated heterocycles. The summed E-state index contributed by atoms with van der Waals surface area (Å²) in [5, 5.41) is 3.64. The van der Waals surface area contributed by atoms with Gasteiger partial charge < -0.3 is 10.1 Å². The van der Waals surface area contributed by atoms with E-state index in [0.717, 1.165) is 19.6 Å². The van der Waals surface area contributed by atoms with Gasteiger partial charge in [-0.15, -0.1) is 0 Å². The minimum atomic E-state index is 0.319. The Morgan fingerprint density at radius 3 is 2.35 bits per heavy atom. The van der Waals surface area contributed by atoms with E-state index >= 15 is 0 Å². The van der Waals surface area contributed by atoms with Crippen LogP contribution in [-0.2, 0) is 4.74 Å². The summed E-state index contributed by atoms with van der Waals surface area (Å²) in [6, 6.07) is 11.6. The van der Waals surface area contributed by atoms with Crippen LogP contribution in [0.2, 0.25) is 0 Å². The fourth-order valence-corrected chi connectivity index (χ4v) is 3.21. The maximum Gasteiger partial charge on any atom is 0.0678 e. The van der Waals surface area contributed by atoms with Crippen molar-refractivity contribution in [2.24, 2.45) is 0 Å². The van der Waals surface area contributed by atoms with Crippen molar-refractivity contribution in [2.75, 3.05) is 19.6 Å². The summed E-state index contributed by atoms with van der Waals surface area (Å²) in [4.78, 5) is 2.55. The number of hydrogen-bond acceptors (Lipinski definition) is 3. The molecule has 0 saturated carbocycles. The van der Waals surface area contributed by atoms with Crippen LogP contribution in [0.4, 0.5) is 0 Å². The lowest BCUT2D eigenvalue weighted by Gasteiger charge is -2.42. The number of nitrogens with zero attached hydrogens (tertiary/aromatic N) is 1. The fraction of sp³-hybridized carbons (Fsp3) is 0.647. The molecule has 1 aromatic rings. The molecule has 0 spiro atoms. The normalized spacial score (nSPS) is 27.2. The van der Waals surface area contributed by atoms with Crippen molar-refractivity contribution in [1.82, 2.24) is 10.2 Å². The van der Waals surface area contributed by atoms with Crippen molar-refractivity contribution < 1.29 is 4.74 Å². The summed E-state index contributed by atoms with van der Waals surface area (Å²) < 4.78 is 5.85. The highest BCUT2D eigenvalue weighted by molar-refractivity contribution is 5.20. The van der Waals surface area contributed by atoms with Crippen LogP contribution in [-0.4, -0.2) is 42.8 Å². The molecule has 0 aromatic heterocycles. The number of nitrogens with one attached hydrogen (secondary N) is 1. The minimum Gasteiger partial charge on any atom is -0.373 e. The van der Waals surface area contributed by atoms with Crippen molar-refractivity contribution in [2.45, 2.75) is 52.0 Å². The van der Waals surface area contributed by atoms with E-state index in [1.807, 2.05) is 0 Å². The molecule has 4 atom stereocenters. The smallest absolute Gasteiger partial charge is 0.0678 e. The first kappa shape index (κ1) is 15.5. The Bertz CT molecular complexity index is 385. The molecule has 0 amide bonds. The van der Waals surface area contributed by atoms with Crippen LogP contribution in [0.5, 0.6) is 0 Å². The molecule has 4 unspecified atom stereocenters. The van der Waals surface area contributed by atoms with Crippen LogP contribution >= 0.6 is 0 Å². The fourth-order valence-electron chi connectivity index (χ4n) is 3.21. The molecule has 20 heavy (non-hydrogen) atoms. The van der Waals surface area contributed by atoms with Gasteiger partial charge in [0.05, 0.1) is 12.2 Å². The zero-order valence-electron chi connectivity index (χ0n) is 13.2. The van der Waals surface area contributed by atoms with Gasteiger partial charge in [-0.2, -0.15) is 0 Å². The van der Waals surface area contributed by atoms with Crippen molar-refractivity contribution in [3.63, 3.8) is 0 Å². The Kier molecular flexibility index (Phi) is 5.58. The van der Waals surface area contributed by atoms with Crippen molar-refractivity contribution in [1.29, 1.82) is 0 Å². The summed E-state index contributed by atoms with van der Waals surface area (Å²) in [5.41, 5.74) is 1.37. The van der Waals surface area contributed by atoms with Crippen LogP contribution < -0.4 is 5.32 Å². The van der Waals surface area contributed by atoms with Crippen LogP contribution in [0, 0.1) is 0 Å². The van der Waals surface area contributed by atoms with Crippen LogP contribution in [0.15, 0.2) is 30.3 Å². The molecule has 1 heterocycles. The van der Waals surface area contributed by atoms with E-state index in [9.17, 15) is 0 Å². The molecule has 0 bridgehead atoms. The third-order valence-electron chi connectivity index (χ3n) is 4.09. The van der Waals surface area contributed by atoms with Gasteiger partial charge in [0.2, 0.25) is 0 Å². The Morgan fingerprint density at radius 1 is 1.20 bits per heavy atom. The molecule has 3 nitrogen and oxygen atoms in total. The van der Waals surface area contributed by atoms with Gasteiger partial charge in [-0.1, -0.05) is 37.3 Å². The van der Waals surface area contributed by atoms with E-state index in [2.05, 4.69) is 68.2 Å². The molecular weight excluding hydrogens is 248 g/mol. The second-order valence-corrected chi connectivity index (χ2v) is 5.90. The predicted molar refractivity (Wildman–Crippen MR) is 83.9 cm³/mol. The van der Waals surface area contributed by atoms with E-state index in [1.165, 1.54) is 5.56 Å². The summed E-state index contributed by atoms with van der Waals surface area (Å²) in [6.45, 7) is 11.8. The van der Waals surface area contributed by atoms with E-state index in [4.69, 9.17) is 4.74 Å². The summed E-state index contributed by atoms with van der Waals surface area (Å²) in [7, 11) is 0. The van der Waals surface area contributed by atoms with E-state index in [-0.39, 0.29) is 0 Å². The van der Waals surface area contributed by atoms with Gasteiger partial charge in [-0.3, -0.25) is 4.90 Å². The number of likely N-dealkylation sites (N-methyl/N-ethyl adjacent to an activating group) is 1. The van der Waals surface area contributed by atoms with Gasteiger partial charge >= 0.3 is 0 Å². The maximum absolute atomic E-state index is 5.85. The lowest BCUT2D eigenvalue weighted by Crippen LogP contribution is -2.52. The van der Waals surface area contributed by atoms with Crippen LogP contribution in [0.3, 0.4) is 0 Å². The maximum atomic E-state index is 5.85. The molecule has 1 aromatic carbocycles. The third-order valence-corrected chi connectivity index (χ3v) is 4.09. The number of benzene rings is 1. The molecule has 1 aliphatic heterocycles. The first-order valence-corrected chi connectivity index (χ1v) is 7.79. The number of hydrogen-bond donors (Lipinski definition) is 1. The number of morpholine rings is 1. The molecule has 112 valence electrons. The van der Waals surface area contributed by atoms with Gasteiger partial charge in [-0.05, 0) is 32.9 Å². The Balaban J connectivity index is 2.12. The minimum absolute atomic E-state index is 0.319. The molecule has 3 heteroatoms. The molecule has 0 aliphatic carbocycles. The molecule has 0 radical (unpaired) electrons. The highest BCUT2D eigenvalue weighted by Gasteiger charge is 2.30. The SMILES string of the molecule is CCNC(c1ccccc1)C(C)N1CC(C)OC(C)C1. The molecule has 1 aliphatic rings. The van der Waals surface area contributed by atoms with E-state index < -0.39 is 0 Å². The molecular formula is C17H28N2O. The zero-order chi connectivity index (χ0) is 14.5. The van der Waals surface area contributed by atoms with Gasteiger partial charge in [0.1, 0.15) is 0 Å². The molecule has 1 N–H and O–H groups in total. The Labute approximate surface area is 123 Å². The van der Waals surface area contributed by atoms with Crippen molar-refractivity contribution >= 4 is 0 Å². The predicted octanol–water partition coefficient (Wildman–Crippen LogP) is 2.83. The van der Waals surface area contributed by atoms with Crippen molar-refractivity contribution in [3.8, 4) is 0 Å². The molecule has 2 rings (SSSR count). The average Bonchev–Trinajstić information content (AvgIpc) is 2.44. The lowest BCUT2D eigenvalue weighted by atomic mass is 9.98. The zero-order valence-corrected chi connectivity index (χ0v) is 13.2. The third kappa shape index (κ3) is 3.81. The standard InChI is InChI=1S/C17H28N2O/c1-5-18-17(16-9-7-6-8-10-16)15(4)19-11-13(2)20-14(3)12-19/h6-10,13-15,17-18H,5,11-12H2,1-4H3. The largest absolute Gasteiger partial charge is 0.373 e. The Morgan fingerprint density at radius 2 is 1.80 bits per heavy atom. The quantitative estimate of drug-likeness (QED) is 0.895. The highest BCUT2D eigenvalue weighted by Crippen LogP contribution is 2.24. The van der Waals surface area contributed by atoms with Crippen LogP contribution in [0.25, 0.3) is 0 Å². The monoisotopic (exact) mass is 276 g/mol. The second-order valence-electron chi connectivity index (χ2n) is 5.90. The van der Waals surface area contributed by atoms with E-state index in [0.29, 0.717) is 24.3 Å². The van der Waals surface area contributed by atoms with Crippen LogP contribution in [0.1, 0.15) is 39.3 Å². The van der Waals surface area contributed by atoms with E-state index in [1.54, 1.807) is 0 Å². The summed E-state index contributed by atoms with van der Waals surface area (Å²) in [5.74, 6) is 0. The Hall–Kier alpha value is -0.900. The van der Waals surface area contributed by atoms with Crippen molar-refractivity contribution in [3.05, 3.63) is 35.9 Å². The summed E-state index contributed by atoms with van der Waals surface area (Å²) >= 11 is 0. The van der Waals surface area contributed by atoms with Gasteiger partial charge in [0.25, 0.3) is 0 Å². The second kappa shape index (κ2) is 7.21. The van der Waals surface area contributed by atoms with Gasteiger partial charge in [0.15, 0.2) is 0 Å². The highest BCUT2D eigenvalue weighted by atomic mass is 16.5. The topological polar surface area (TPSA) is 24.5 Å². The van der Waals surface area contributed by atoms with Gasteiger partial charge in [-0.25, -0.2) is 0 Å². The lowest BCUT2D eigenvalue weighted by molar-refractivity contribution is -0.0822. The number of ether oxygens (including phenoxy) is 1. The molecule has 1 fully saturated rings. The summed E-state index contributed by atoms with van der Waals surface area (Å²) in [6.07, 6.45) is 0.637.